The van der Waals surface area contributed by atoms with Crippen LogP contribution in [0.3, 0.4) is 0 Å². The van der Waals surface area contributed by atoms with Gasteiger partial charge in [-0.25, -0.2) is 0 Å². The number of nitrogens with zero attached hydrogens (tertiary/aromatic N) is 1. The van der Waals surface area contributed by atoms with Gasteiger partial charge in [0, 0.05) is 31.5 Å². The standard InChI is InChI=1S/C19H24N2O3/c1-13-19(5-8-24-9-6-19)4-7-21(13)18(23)11-14-2-3-15-12-17(22)20-16(15)10-14/h2-3,10,13H,4-9,11-12H2,1H3,(H,20,22). The van der Waals surface area contributed by atoms with E-state index in [0.717, 1.165) is 55.8 Å². The van der Waals surface area contributed by atoms with Crippen molar-refractivity contribution >= 4 is 17.5 Å². The van der Waals surface area contributed by atoms with Gasteiger partial charge < -0.3 is 15.0 Å². The summed E-state index contributed by atoms with van der Waals surface area (Å²) in [5.41, 5.74) is 3.11. The molecule has 3 aliphatic rings. The van der Waals surface area contributed by atoms with Crippen LogP contribution in [-0.2, 0) is 27.2 Å². The number of hydrogen-bond acceptors (Lipinski definition) is 3. The van der Waals surface area contributed by atoms with E-state index in [2.05, 4.69) is 17.1 Å². The summed E-state index contributed by atoms with van der Waals surface area (Å²) in [7, 11) is 0. The number of carbonyl (C=O) groups excluding carboxylic acids is 2. The number of benzene rings is 1. The lowest BCUT2D eigenvalue weighted by Crippen LogP contribution is -2.43. The molecule has 1 aromatic rings. The number of carbonyl (C=O) groups is 2. The average molecular weight is 328 g/mol. The Labute approximate surface area is 142 Å². The fourth-order valence-electron chi connectivity index (χ4n) is 4.51. The topological polar surface area (TPSA) is 58.6 Å². The van der Waals surface area contributed by atoms with Crippen LogP contribution < -0.4 is 5.32 Å². The Bertz CT molecular complexity index is 679. The van der Waals surface area contributed by atoms with Crippen molar-refractivity contribution in [3.05, 3.63) is 29.3 Å². The third-order valence-corrected chi connectivity index (χ3v) is 6.17. The van der Waals surface area contributed by atoms with E-state index in [4.69, 9.17) is 4.74 Å². The molecule has 2 fully saturated rings. The van der Waals surface area contributed by atoms with Gasteiger partial charge in [-0.1, -0.05) is 12.1 Å². The minimum absolute atomic E-state index is 0.0306. The highest BCUT2D eigenvalue weighted by Crippen LogP contribution is 2.45. The van der Waals surface area contributed by atoms with Gasteiger partial charge in [0.2, 0.25) is 11.8 Å². The first-order valence-electron chi connectivity index (χ1n) is 8.86. The van der Waals surface area contributed by atoms with Gasteiger partial charge in [0.05, 0.1) is 12.8 Å². The highest BCUT2D eigenvalue weighted by atomic mass is 16.5. The Kier molecular flexibility index (Phi) is 3.83. The van der Waals surface area contributed by atoms with E-state index in [1.807, 2.05) is 18.2 Å². The molecule has 3 heterocycles. The van der Waals surface area contributed by atoms with E-state index in [1.54, 1.807) is 0 Å². The minimum Gasteiger partial charge on any atom is -0.381 e. The second-order valence-electron chi connectivity index (χ2n) is 7.38. The summed E-state index contributed by atoms with van der Waals surface area (Å²) in [6.45, 7) is 4.68. The lowest BCUT2D eigenvalue weighted by Gasteiger charge is -2.38. The SMILES string of the molecule is CC1N(C(=O)Cc2ccc3c(c2)NC(=O)C3)CCC12CCOCC2. The van der Waals surface area contributed by atoms with Crippen LogP contribution >= 0.6 is 0 Å². The lowest BCUT2D eigenvalue weighted by molar-refractivity contribution is -0.132. The number of likely N-dealkylation sites (tertiary alicyclic amines) is 1. The molecule has 1 atom stereocenters. The lowest BCUT2D eigenvalue weighted by atomic mass is 9.74. The van der Waals surface area contributed by atoms with Gasteiger partial charge >= 0.3 is 0 Å². The number of rotatable bonds is 2. The number of ether oxygens (including phenoxy) is 1. The van der Waals surface area contributed by atoms with E-state index in [-0.39, 0.29) is 23.3 Å². The first-order valence-corrected chi connectivity index (χ1v) is 8.86. The Morgan fingerprint density at radius 3 is 2.92 bits per heavy atom. The van der Waals surface area contributed by atoms with Crippen molar-refractivity contribution in [1.82, 2.24) is 4.90 Å². The molecule has 5 nitrogen and oxygen atoms in total. The van der Waals surface area contributed by atoms with Gasteiger partial charge in [0.1, 0.15) is 0 Å². The molecule has 2 amide bonds. The zero-order valence-electron chi connectivity index (χ0n) is 14.1. The number of hydrogen-bond donors (Lipinski definition) is 1. The summed E-state index contributed by atoms with van der Waals surface area (Å²) in [5.74, 6) is 0.221. The van der Waals surface area contributed by atoms with Crippen LogP contribution in [0, 0.1) is 5.41 Å². The molecule has 0 aromatic heterocycles. The Morgan fingerprint density at radius 1 is 1.33 bits per heavy atom. The van der Waals surface area contributed by atoms with Crippen molar-refractivity contribution in [2.45, 2.75) is 45.1 Å². The Morgan fingerprint density at radius 2 is 2.12 bits per heavy atom. The zero-order chi connectivity index (χ0) is 16.7. The first-order chi connectivity index (χ1) is 11.6. The molecule has 4 rings (SSSR count). The zero-order valence-corrected chi connectivity index (χ0v) is 14.1. The summed E-state index contributed by atoms with van der Waals surface area (Å²) in [6.07, 6.45) is 4.05. The molecule has 1 N–H and O–H groups in total. The van der Waals surface area contributed by atoms with Crippen LogP contribution in [0.15, 0.2) is 18.2 Å². The highest BCUT2D eigenvalue weighted by Gasteiger charge is 2.46. The number of nitrogens with one attached hydrogen (secondary N) is 1. The normalized spacial score (nSPS) is 25.0. The summed E-state index contributed by atoms with van der Waals surface area (Å²) in [6, 6.07) is 6.16. The largest absolute Gasteiger partial charge is 0.381 e. The summed E-state index contributed by atoms with van der Waals surface area (Å²) in [5, 5.41) is 2.86. The maximum Gasteiger partial charge on any atom is 0.228 e. The van der Waals surface area contributed by atoms with E-state index in [0.29, 0.717) is 12.8 Å². The van der Waals surface area contributed by atoms with E-state index in [9.17, 15) is 9.59 Å². The molecule has 0 aliphatic carbocycles. The van der Waals surface area contributed by atoms with Gasteiger partial charge in [-0.15, -0.1) is 0 Å². The van der Waals surface area contributed by atoms with Crippen molar-refractivity contribution in [3.8, 4) is 0 Å². The van der Waals surface area contributed by atoms with Crippen molar-refractivity contribution in [3.63, 3.8) is 0 Å². The summed E-state index contributed by atoms with van der Waals surface area (Å²) in [4.78, 5) is 26.3. The van der Waals surface area contributed by atoms with Crippen LogP contribution in [0.1, 0.15) is 37.3 Å². The third-order valence-electron chi connectivity index (χ3n) is 6.17. The van der Waals surface area contributed by atoms with Gasteiger partial charge in [-0.3, -0.25) is 9.59 Å². The Hall–Kier alpha value is -1.88. The molecule has 1 unspecified atom stereocenters. The van der Waals surface area contributed by atoms with Crippen molar-refractivity contribution < 1.29 is 14.3 Å². The van der Waals surface area contributed by atoms with Gasteiger partial charge in [0.15, 0.2) is 0 Å². The smallest absolute Gasteiger partial charge is 0.228 e. The second kappa shape index (κ2) is 5.88. The molecule has 24 heavy (non-hydrogen) atoms. The van der Waals surface area contributed by atoms with E-state index < -0.39 is 0 Å². The van der Waals surface area contributed by atoms with Crippen LogP contribution in [0.2, 0.25) is 0 Å². The number of amides is 2. The number of fused-ring (bicyclic) bond motifs is 1. The van der Waals surface area contributed by atoms with Crippen LogP contribution in [0.25, 0.3) is 0 Å². The molecule has 5 heteroatoms. The quantitative estimate of drug-likeness (QED) is 0.905. The predicted octanol–water partition coefficient (Wildman–Crippen LogP) is 2.14. The monoisotopic (exact) mass is 328 g/mol. The van der Waals surface area contributed by atoms with E-state index >= 15 is 0 Å². The van der Waals surface area contributed by atoms with Crippen LogP contribution in [0.4, 0.5) is 5.69 Å². The fourth-order valence-corrected chi connectivity index (χ4v) is 4.51. The maximum absolute atomic E-state index is 12.8. The molecule has 0 saturated carbocycles. The van der Waals surface area contributed by atoms with E-state index in [1.165, 1.54) is 0 Å². The molecule has 128 valence electrons. The molecular formula is C19H24N2O3. The Balaban J connectivity index is 1.45. The third kappa shape index (κ3) is 2.61. The average Bonchev–Trinajstić information content (AvgIpc) is 3.08. The molecule has 2 saturated heterocycles. The summed E-state index contributed by atoms with van der Waals surface area (Å²) < 4.78 is 5.51. The van der Waals surface area contributed by atoms with Gasteiger partial charge in [0.25, 0.3) is 0 Å². The number of anilines is 1. The maximum atomic E-state index is 12.8. The van der Waals surface area contributed by atoms with Gasteiger partial charge in [-0.2, -0.15) is 0 Å². The molecule has 1 aromatic carbocycles. The summed E-state index contributed by atoms with van der Waals surface area (Å²) >= 11 is 0. The van der Waals surface area contributed by atoms with Crippen molar-refractivity contribution in [2.75, 3.05) is 25.1 Å². The van der Waals surface area contributed by atoms with Crippen LogP contribution in [0.5, 0.6) is 0 Å². The van der Waals surface area contributed by atoms with Gasteiger partial charge in [-0.05, 0) is 48.8 Å². The van der Waals surface area contributed by atoms with Crippen molar-refractivity contribution in [1.29, 1.82) is 0 Å². The molecule has 0 bridgehead atoms. The second-order valence-corrected chi connectivity index (χ2v) is 7.38. The van der Waals surface area contributed by atoms with Crippen molar-refractivity contribution in [2.24, 2.45) is 5.41 Å². The predicted molar refractivity (Wildman–Crippen MR) is 90.8 cm³/mol. The highest BCUT2D eigenvalue weighted by molar-refractivity contribution is 5.99. The molecule has 0 radical (unpaired) electrons. The van der Waals surface area contributed by atoms with Crippen LogP contribution in [-0.4, -0.2) is 42.5 Å². The molecular weight excluding hydrogens is 304 g/mol. The first kappa shape index (κ1) is 15.6. The molecule has 3 aliphatic heterocycles. The molecule has 1 spiro atoms. The minimum atomic E-state index is 0.0306. The fraction of sp³-hybridized carbons (Fsp3) is 0.579.